The van der Waals surface area contributed by atoms with E-state index in [1.807, 2.05) is 30.3 Å². The molecule has 1 atom stereocenters. The van der Waals surface area contributed by atoms with Crippen molar-refractivity contribution in [3.63, 3.8) is 0 Å². The Morgan fingerprint density at radius 3 is 2.46 bits per heavy atom. The molecule has 0 aromatic heterocycles. The second kappa shape index (κ2) is 8.49. The van der Waals surface area contributed by atoms with Crippen LogP contribution in [0.15, 0.2) is 53.0 Å². The molecule has 0 saturated heterocycles. The van der Waals surface area contributed by atoms with Gasteiger partial charge in [0.1, 0.15) is 11.8 Å². The smallest absolute Gasteiger partial charge is 0.328 e. The van der Waals surface area contributed by atoms with Crippen LogP contribution in [0.3, 0.4) is 0 Å². The highest BCUT2D eigenvalue weighted by Gasteiger charge is 2.23. The first-order chi connectivity index (χ1) is 11.5. The van der Waals surface area contributed by atoms with Gasteiger partial charge in [0.05, 0.1) is 18.7 Å². The Hall–Kier alpha value is -2.34. The molecule has 2 aromatic rings. The van der Waals surface area contributed by atoms with Crippen LogP contribution < -0.4 is 10.1 Å². The van der Waals surface area contributed by atoms with Crippen LogP contribution in [0.1, 0.15) is 15.9 Å². The summed E-state index contributed by atoms with van der Waals surface area (Å²) in [6.07, 6.45) is 0.354. The average Bonchev–Trinajstić information content (AvgIpc) is 2.61. The monoisotopic (exact) mass is 391 g/mol. The molecule has 0 aliphatic heterocycles. The van der Waals surface area contributed by atoms with Crippen LogP contribution in [0, 0.1) is 0 Å². The van der Waals surface area contributed by atoms with Gasteiger partial charge in [-0.2, -0.15) is 0 Å². The fourth-order valence-electron chi connectivity index (χ4n) is 2.23. The first kappa shape index (κ1) is 18.0. The van der Waals surface area contributed by atoms with Gasteiger partial charge in [-0.3, -0.25) is 4.79 Å². The second-order valence-electron chi connectivity index (χ2n) is 5.09. The van der Waals surface area contributed by atoms with E-state index in [2.05, 4.69) is 21.2 Å². The van der Waals surface area contributed by atoms with Gasteiger partial charge < -0.3 is 14.8 Å². The summed E-state index contributed by atoms with van der Waals surface area (Å²) in [6.45, 7) is 0. The van der Waals surface area contributed by atoms with E-state index in [0.29, 0.717) is 17.7 Å². The molecule has 0 unspecified atom stereocenters. The molecule has 2 rings (SSSR count). The van der Waals surface area contributed by atoms with Crippen LogP contribution in [0.4, 0.5) is 0 Å². The number of ether oxygens (including phenoxy) is 2. The molecule has 0 radical (unpaired) electrons. The summed E-state index contributed by atoms with van der Waals surface area (Å²) < 4.78 is 10.7. The van der Waals surface area contributed by atoms with E-state index in [4.69, 9.17) is 9.47 Å². The highest BCUT2D eigenvalue weighted by molar-refractivity contribution is 9.10. The Kier molecular flexibility index (Phi) is 6.37. The third kappa shape index (κ3) is 4.58. The fourth-order valence-corrected chi connectivity index (χ4v) is 2.64. The van der Waals surface area contributed by atoms with Crippen LogP contribution >= 0.6 is 15.9 Å². The number of halogens is 1. The molecule has 0 fully saturated rings. The molecule has 1 N–H and O–H groups in total. The van der Waals surface area contributed by atoms with Gasteiger partial charge in [-0.05, 0) is 39.7 Å². The molecule has 24 heavy (non-hydrogen) atoms. The topological polar surface area (TPSA) is 64.6 Å². The molecule has 0 heterocycles. The number of carbonyl (C=O) groups is 2. The van der Waals surface area contributed by atoms with Gasteiger partial charge in [-0.1, -0.05) is 30.3 Å². The Morgan fingerprint density at radius 2 is 1.83 bits per heavy atom. The number of benzene rings is 2. The zero-order chi connectivity index (χ0) is 17.5. The van der Waals surface area contributed by atoms with E-state index in [-0.39, 0.29) is 5.91 Å². The quantitative estimate of drug-likeness (QED) is 0.768. The van der Waals surface area contributed by atoms with Crippen LogP contribution in [0.2, 0.25) is 0 Å². The number of rotatable bonds is 6. The molecular weight excluding hydrogens is 374 g/mol. The van der Waals surface area contributed by atoms with Crippen molar-refractivity contribution in [3.05, 3.63) is 64.1 Å². The van der Waals surface area contributed by atoms with Gasteiger partial charge >= 0.3 is 5.97 Å². The standard InChI is InChI=1S/C18H18BrNO4/c1-23-16-11-13(8-9-14(16)19)17(21)20-15(18(22)24-2)10-12-6-4-3-5-7-12/h3-9,11,15H,10H2,1-2H3,(H,20,21)/t15-/m1/s1. The zero-order valence-electron chi connectivity index (χ0n) is 13.4. The van der Waals surface area contributed by atoms with Crippen molar-refractivity contribution in [1.29, 1.82) is 0 Å². The van der Waals surface area contributed by atoms with Crippen molar-refractivity contribution in [2.24, 2.45) is 0 Å². The molecule has 0 spiro atoms. The summed E-state index contributed by atoms with van der Waals surface area (Å²) in [5.74, 6) is -0.316. The van der Waals surface area contributed by atoms with Gasteiger partial charge in [0.2, 0.25) is 0 Å². The molecular formula is C18H18BrNO4. The highest BCUT2D eigenvalue weighted by atomic mass is 79.9. The van der Waals surface area contributed by atoms with Crippen LogP contribution in [-0.2, 0) is 16.0 Å². The molecule has 1 amide bonds. The van der Waals surface area contributed by atoms with Gasteiger partial charge in [0.15, 0.2) is 0 Å². The summed E-state index contributed by atoms with van der Waals surface area (Å²) in [7, 11) is 2.82. The van der Waals surface area contributed by atoms with E-state index in [1.54, 1.807) is 18.2 Å². The number of nitrogens with one attached hydrogen (secondary N) is 1. The summed E-state index contributed by atoms with van der Waals surface area (Å²) in [4.78, 5) is 24.4. The molecule has 6 heteroatoms. The summed E-state index contributed by atoms with van der Waals surface area (Å²) in [5, 5.41) is 2.72. The van der Waals surface area contributed by atoms with Crippen LogP contribution in [-0.4, -0.2) is 32.1 Å². The molecule has 5 nitrogen and oxygen atoms in total. The number of esters is 1. The summed E-state index contributed by atoms with van der Waals surface area (Å²) >= 11 is 3.34. The van der Waals surface area contributed by atoms with Crippen molar-refractivity contribution in [3.8, 4) is 5.75 Å². The maximum atomic E-state index is 12.5. The predicted octanol–water partition coefficient (Wildman–Crippen LogP) is 2.97. The van der Waals surface area contributed by atoms with E-state index < -0.39 is 12.0 Å². The normalized spacial score (nSPS) is 11.5. The zero-order valence-corrected chi connectivity index (χ0v) is 15.0. The lowest BCUT2D eigenvalue weighted by Gasteiger charge is -2.17. The third-order valence-electron chi connectivity index (χ3n) is 3.49. The van der Waals surface area contributed by atoms with E-state index >= 15 is 0 Å². The van der Waals surface area contributed by atoms with Crippen molar-refractivity contribution < 1.29 is 19.1 Å². The summed E-state index contributed by atoms with van der Waals surface area (Å²) in [5.41, 5.74) is 1.33. The van der Waals surface area contributed by atoms with E-state index in [9.17, 15) is 9.59 Å². The van der Waals surface area contributed by atoms with Crippen molar-refractivity contribution in [2.75, 3.05) is 14.2 Å². The van der Waals surface area contributed by atoms with Gasteiger partial charge in [-0.15, -0.1) is 0 Å². The Morgan fingerprint density at radius 1 is 1.12 bits per heavy atom. The fraction of sp³-hybridized carbons (Fsp3) is 0.222. The molecule has 0 aliphatic rings. The molecule has 0 bridgehead atoms. The molecule has 2 aromatic carbocycles. The Labute approximate surface area is 149 Å². The van der Waals surface area contributed by atoms with Crippen molar-refractivity contribution in [2.45, 2.75) is 12.5 Å². The Balaban J connectivity index is 2.16. The first-order valence-electron chi connectivity index (χ1n) is 7.31. The number of amides is 1. The van der Waals surface area contributed by atoms with Gasteiger partial charge in [0.25, 0.3) is 5.91 Å². The maximum absolute atomic E-state index is 12.5. The van der Waals surface area contributed by atoms with Crippen molar-refractivity contribution >= 4 is 27.8 Å². The van der Waals surface area contributed by atoms with Crippen LogP contribution in [0.25, 0.3) is 0 Å². The maximum Gasteiger partial charge on any atom is 0.328 e. The van der Waals surface area contributed by atoms with Crippen molar-refractivity contribution in [1.82, 2.24) is 5.32 Å². The minimum atomic E-state index is -0.764. The molecule has 126 valence electrons. The minimum absolute atomic E-state index is 0.354. The number of methoxy groups -OCH3 is 2. The van der Waals surface area contributed by atoms with E-state index in [1.165, 1.54) is 14.2 Å². The first-order valence-corrected chi connectivity index (χ1v) is 8.10. The van der Waals surface area contributed by atoms with Crippen LogP contribution in [0.5, 0.6) is 5.75 Å². The molecule has 0 saturated carbocycles. The number of hydrogen-bond donors (Lipinski definition) is 1. The SMILES string of the molecule is COC(=O)[C@@H](Cc1ccccc1)NC(=O)c1ccc(Br)c(OC)c1. The lowest BCUT2D eigenvalue weighted by Crippen LogP contribution is -2.43. The number of carbonyl (C=O) groups excluding carboxylic acids is 2. The largest absolute Gasteiger partial charge is 0.496 e. The lowest BCUT2D eigenvalue weighted by atomic mass is 10.1. The minimum Gasteiger partial charge on any atom is -0.496 e. The number of hydrogen-bond acceptors (Lipinski definition) is 4. The second-order valence-corrected chi connectivity index (χ2v) is 5.94. The summed E-state index contributed by atoms with van der Waals surface area (Å²) in [6, 6.07) is 13.7. The molecule has 0 aliphatic carbocycles. The lowest BCUT2D eigenvalue weighted by molar-refractivity contribution is -0.142. The average molecular weight is 392 g/mol. The highest BCUT2D eigenvalue weighted by Crippen LogP contribution is 2.25. The predicted molar refractivity (Wildman–Crippen MR) is 94.1 cm³/mol. The third-order valence-corrected chi connectivity index (χ3v) is 4.14. The Bertz CT molecular complexity index is 718. The van der Waals surface area contributed by atoms with Gasteiger partial charge in [0, 0.05) is 12.0 Å². The van der Waals surface area contributed by atoms with Gasteiger partial charge in [-0.25, -0.2) is 4.79 Å². The van der Waals surface area contributed by atoms with E-state index in [0.717, 1.165) is 10.0 Å².